The van der Waals surface area contributed by atoms with Crippen LogP contribution in [0.4, 0.5) is 0 Å². The summed E-state index contributed by atoms with van der Waals surface area (Å²) >= 11 is 0. The summed E-state index contributed by atoms with van der Waals surface area (Å²) in [5, 5.41) is 9.87. The van der Waals surface area contributed by atoms with Crippen molar-refractivity contribution >= 4 is 0 Å². The van der Waals surface area contributed by atoms with Gasteiger partial charge in [0.05, 0.1) is 12.2 Å². The standard InChI is InChI=1S/C10H20O2/c1-2-3-4-5-6-10(11)7-8-12-9-10/h11H,2-9H2,1H3. The molecule has 0 aliphatic carbocycles. The molecule has 0 aromatic rings. The lowest BCUT2D eigenvalue weighted by Crippen LogP contribution is -2.28. The lowest BCUT2D eigenvalue weighted by Gasteiger charge is -2.19. The maximum absolute atomic E-state index is 9.87. The van der Waals surface area contributed by atoms with Crippen molar-refractivity contribution in [1.29, 1.82) is 0 Å². The molecule has 2 heteroatoms. The van der Waals surface area contributed by atoms with E-state index in [1.165, 1.54) is 19.3 Å². The molecule has 2 nitrogen and oxygen atoms in total. The van der Waals surface area contributed by atoms with Gasteiger partial charge in [0.1, 0.15) is 0 Å². The maximum Gasteiger partial charge on any atom is 0.0902 e. The van der Waals surface area contributed by atoms with Gasteiger partial charge in [-0.3, -0.25) is 0 Å². The van der Waals surface area contributed by atoms with E-state index in [9.17, 15) is 5.11 Å². The summed E-state index contributed by atoms with van der Waals surface area (Å²) in [6.45, 7) is 3.50. The number of hydrogen-bond donors (Lipinski definition) is 1. The first-order chi connectivity index (χ1) is 5.77. The largest absolute Gasteiger partial charge is 0.387 e. The van der Waals surface area contributed by atoms with Gasteiger partial charge in [-0.15, -0.1) is 0 Å². The van der Waals surface area contributed by atoms with E-state index < -0.39 is 5.60 Å². The lowest BCUT2D eigenvalue weighted by atomic mass is 9.95. The Hall–Kier alpha value is -0.0800. The topological polar surface area (TPSA) is 29.5 Å². The minimum Gasteiger partial charge on any atom is -0.387 e. The van der Waals surface area contributed by atoms with E-state index in [1.807, 2.05) is 0 Å². The molecule has 0 spiro atoms. The summed E-state index contributed by atoms with van der Waals surface area (Å²) in [6.07, 6.45) is 6.70. The molecular weight excluding hydrogens is 152 g/mol. The van der Waals surface area contributed by atoms with Gasteiger partial charge < -0.3 is 9.84 Å². The summed E-state index contributed by atoms with van der Waals surface area (Å²) < 4.78 is 5.17. The van der Waals surface area contributed by atoms with Crippen LogP contribution in [0.25, 0.3) is 0 Å². The van der Waals surface area contributed by atoms with Crippen LogP contribution in [-0.2, 0) is 4.74 Å². The minimum atomic E-state index is -0.478. The zero-order valence-electron chi connectivity index (χ0n) is 8.01. The van der Waals surface area contributed by atoms with E-state index in [1.54, 1.807) is 0 Å². The van der Waals surface area contributed by atoms with Crippen molar-refractivity contribution in [3.8, 4) is 0 Å². The molecule has 1 atom stereocenters. The molecule has 0 radical (unpaired) electrons. The number of rotatable bonds is 5. The van der Waals surface area contributed by atoms with Crippen LogP contribution >= 0.6 is 0 Å². The summed E-state index contributed by atoms with van der Waals surface area (Å²) in [6, 6.07) is 0. The Labute approximate surface area is 74.9 Å². The Morgan fingerprint density at radius 2 is 2.17 bits per heavy atom. The smallest absolute Gasteiger partial charge is 0.0902 e. The quantitative estimate of drug-likeness (QED) is 0.643. The van der Waals surface area contributed by atoms with Crippen molar-refractivity contribution in [2.45, 2.75) is 51.0 Å². The average Bonchev–Trinajstić information content (AvgIpc) is 2.47. The fourth-order valence-corrected chi connectivity index (χ4v) is 1.67. The number of hydrogen-bond acceptors (Lipinski definition) is 2. The van der Waals surface area contributed by atoms with Crippen LogP contribution in [0.15, 0.2) is 0 Å². The zero-order valence-corrected chi connectivity index (χ0v) is 8.01. The SMILES string of the molecule is CCCCCCC1(O)CCOC1. The van der Waals surface area contributed by atoms with Crippen molar-refractivity contribution < 1.29 is 9.84 Å². The summed E-state index contributed by atoms with van der Waals surface area (Å²) in [5.41, 5.74) is -0.478. The third kappa shape index (κ3) is 3.11. The van der Waals surface area contributed by atoms with Crippen molar-refractivity contribution in [3.05, 3.63) is 0 Å². The van der Waals surface area contributed by atoms with Crippen LogP contribution < -0.4 is 0 Å². The van der Waals surface area contributed by atoms with E-state index in [2.05, 4.69) is 6.92 Å². The van der Waals surface area contributed by atoms with E-state index in [0.29, 0.717) is 6.61 Å². The minimum absolute atomic E-state index is 0.478. The highest BCUT2D eigenvalue weighted by molar-refractivity contribution is 4.82. The first-order valence-corrected chi connectivity index (χ1v) is 5.07. The predicted octanol–water partition coefficient (Wildman–Crippen LogP) is 2.11. The van der Waals surface area contributed by atoms with Crippen LogP contribution in [0, 0.1) is 0 Å². The van der Waals surface area contributed by atoms with Gasteiger partial charge in [0, 0.05) is 13.0 Å². The molecule has 1 aliphatic heterocycles. The maximum atomic E-state index is 9.87. The Morgan fingerprint density at radius 3 is 2.75 bits per heavy atom. The number of ether oxygens (including phenoxy) is 1. The normalized spacial score (nSPS) is 29.5. The highest BCUT2D eigenvalue weighted by Crippen LogP contribution is 2.24. The van der Waals surface area contributed by atoms with Gasteiger partial charge in [-0.2, -0.15) is 0 Å². The Morgan fingerprint density at radius 1 is 1.33 bits per heavy atom. The molecule has 0 amide bonds. The predicted molar refractivity (Wildman–Crippen MR) is 49.1 cm³/mol. The third-order valence-corrected chi connectivity index (χ3v) is 2.58. The lowest BCUT2D eigenvalue weighted by molar-refractivity contribution is 0.0171. The molecule has 1 rings (SSSR count). The van der Waals surface area contributed by atoms with E-state index >= 15 is 0 Å². The Balaban J connectivity index is 2.05. The molecule has 0 bridgehead atoms. The molecule has 0 saturated carbocycles. The van der Waals surface area contributed by atoms with Gasteiger partial charge in [0.15, 0.2) is 0 Å². The summed E-state index contributed by atoms with van der Waals surface area (Å²) in [4.78, 5) is 0. The number of aliphatic hydroxyl groups is 1. The average molecular weight is 172 g/mol. The van der Waals surface area contributed by atoms with Crippen LogP contribution in [-0.4, -0.2) is 23.9 Å². The number of unbranched alkanes of at least 4 members (excludes halogenated alkanes) is 3. The van der Waals surface area contributed by atoms with E-state index in [0.717, 1.165) is 25.9 Å². The molecule has 0 aromatic carbocycles. The fraction of sp³-hybridized carbons (Fsp3) is 1.00. The van der Waals surface area contributed by atoms with Crippen molar-refractivity contribution in [1.82, 2.24) is 0 Å². The molecule has 1 aliphatic rings. The first kappa shape index (κ1) is 10.0. The van der Waals surface area contributed by atoms with Crippen LogP contribution in [0.1, 0.15) is 45.4 Å². The third-order valence-electron chi connectivity index (χ3n) is 2.58. The highest BCUT2D eigenvalue weighted by Gasteiger charge is 2.31. The van der Waals surface area contributed by atoms with Gasteiger partial charge in [-0.05, 0) is 6.42 Å². The van der Waals surface area contributed by atoms with E-state index in [4.69, 9.17) is 4.74 Å². The van der Waals surface area contributed by atoms with Gasteiger partial charge in [0.2, 0.25) is 0 Å². The second-order valence-corrected chi connectivity index (χ2v) is 3.84. The zero-order chi connectivity index (χ0) is 8.86. The molecule has 1 N–H and O–H groups in total. The van der Waals surface area contributed by atoms with Crippen molar-refractivity contribution in [2.24, 2.45) is 0 Å². The van der Waals surface area contributed by atoms with Crippen molar-refractivity contribution in [2.75, 3.05) is 13.2 Å². The second-order valence-electron chi connectivity index (χ2n) is 3.84. The molecule has 1 fully saturated rings. The van der Waals surface area contributed by atoms with Gasteiger partial charge >= 0.3 is 0 Å². The summed E-state index contributed by atoms with van der Waals surface area (Å²) in [5.74, 6) is 0. The van der Waals surface area contributed by atoms with Crippen LogP contribution in [0.2, 0.25) is 0 Å². The molecule has 72 valence electrons. The van der Waals surface area contributed by atoms with Crippen LogP contribution in [0.5, 0.6) is 0 Å². The summed E-state index contributed by atoms with van der Waals surface area (Å²) in [7, 11) is 0. The second kappa shape index (κ2) is 4.83. The molecule has 1 heterocycles. The highest BCUT2D eigenvalue weighted by atomic mass is 16.5. The van der Waals surface area contributed by atoms with Crippen molar-refractivity contribution in [3.63, 3.8) is 0 Å². The fourth-order valence-electron chi connectivity index (χ4n) is 1.67. The first-order valence-electron chi connectivity index (χ1n) is 5.07. The Bertz CT molecular complexity index is 117. The molecule has 0 aromatic heterocycles. The van der Waals surface area contributed by atoms with E-state index in [-0.39, 0.29) is 0 Å². The molecule has 12 heavy (non-hydrogen) atoms. The monoisotopic (exact) mass is 172 g/mol. The van der Waals surface area contributed by atoms with Gasteiger partial charge in [-0.1, -0.05) is 32.6 Å². The van der Waals surface area contributed by atoms with Crippen LogP contribution in [0.3, 0.4) is 0 Å². The molecular formula is C10H20O2. The Kier molecular flexibility index (Phi) is 4.02. The molecule has 1 saturated heterocycles. The van der Waals surface area contributed by atoms with Gasteiger partial charge in [0.25, 0.3) is 0 Å². The van der Waals surface area contributed by atoms with Gasteiger partial charge in [-0.25, -0.2) is 0 Å². The molecule has 1 unspecified atom stereocenters.